The van der Waals surface area contributed by atoms with Crippen molar-refractivity contribution in [3.63, 3.8) is 0 Å². The van der Waals surface area contributed by atoms with Gasteiger partial charge in [0.2, 0.25) is 5.91 Å². The zero-order valence-corrected chi connectivity index (χ0v) is 18.5. The van der Waals surface area contributed by atoms with Crippen LogP contribution in [0.1, 0.15) is 70.4 Å². The van der Waals surface area contributed by atoms with Crippen LogP contribution in [0.4, 0.5) is 13.2 Å². The Morgan fingerprint density at radius 3 is 2.48 bits per heavy atom. The molecule has 0 spiro atoms. The van der Waals surface area contributed by atoms with E-state index in [1.54, 1.807) is 0 Å². The first-order chi connectivity index (χ1) is 14.5. The minimum absolute atomic E-state index is 0.0996. The summed E-state index contributed by atoms with van der Waals surface area (Å²) < 4.78 is 50.5. The van der Waals surface area contributed by atoms with Crippen LogP contribution in [0.15, 0.2) is 12.1 Å². The highest BCUT2D eigenvalue weighted by Gasteiger charge is 2.59. The third-order valence-electron chi connectivity index (χ3n) is 7.37. The van der Waals surface area contributed by atoms with Gasteiger partial charge in [0.15, 0.2) is 0 Å². The molecule has 0 heterocycles. The average molecular weight is 460 g/mol. The SMILES string of the molecule is CC(C)O[C@@H]1C[C@@H](C(=O)N[C@H](c2c(F)ccc(Cl)c2F)C23CCC(F)(CC2)C3)C[C@@H]1O. The first kappa shape index (κ1) is 22.9. The van der Waals surface area contributed by atoms with Crippen LogP contribution in [0, 0.1) is 23.0 Å². The van der Waals surface area contributed by atoms with Gasteiger partial charge in [-0.05, 0) is 76.3 Å². The third kappa shape index (κ3) is 4.21. The molecule has 4 nitrogen and oxygen atoms in total. The van der Waals surface area contributed by atoms with Crippen molar-refractivity contribution < 1.29 is 27.8 Å². The van der Waals surface area contributed by atoms with Crippen LogP contribution in [-0.2, 0) is 9.53 Å². The molecule has 31 heavy (non-hydrogen) atoms. The fraction of sp³-hybridized carbons (Fsp3) is 0.696. The van der Waals surface area contributed by atoms with Gasteiger partial charge in [0, 0.05) is 11.5 Å². The van der Waals surface area contributed by atoms with E-state index >= 15 is 0 Å². The molecule has 0 radical (unpaired) electrons. The molecule has 172 valence electrons. The Hall–Kier alpha value is -1.31. The molecule has 3 fully saturated rings. The number of aliphatic hydroxyl groups is 1. The second kappa shape index (κ2) is 8.23. The number of amides is 1. The number of benzene rings is 1. The second-order valence-corrected chi connectivity index (χ2v) is 10.3. The number of aliphatic hydroxyl groups excluding tert-OH is 1. The summed E-state index contributed by atoms with van der Waals surface area (Å²) in [6.07, 6.45) is 0.827. The second-order valence-electron chi connectivity index (χ2n) is 9.85. The van der Waals surface area contributed by atoms with Crippen LogP contribution in [0.25, 0.3) is 0 Å². The highest BCUT2D eigenvalue weighted by atomic mass is 35.5. The zero-order chi connectivity index (χ0) is 22.6. The van der Waals surface area contributed by atoms with Gasteiger partial charge in [-0.15, -0.1) is 0 Å². The molecule has 8 heteroatoms. The number of rotatable bonds is 6. The Kier molecular flexibility index (Phi) is 6.07. The van der Waals surface area contributed by atoms with E-state index in [-0.39, 0.29) is 29.5 Å². The predicted octanol–water partition coefficient (Wildman–Crippen LogP) is 5.01. The van der Waals surface area contributed by atoms with Crippen molar-refractivity contribution in [2.75, 3.05) is 0 Å². The number of carbonyl (C=O) groups excluding carboxylic acids is 1. The van der Waals surface area contributed by atoms with Gasteiger partial charge >= 0.3 is 0 Å². The maximum absolute atomic E-state index is 15.0. The first-order valence-electron chi connectivity index (χ1n) is 11.0. The number of nitrogens with one attached hydrogen (secondary N) is 1. The van der Waals surface area contributed by atoms with Crippen LogP contribution in [0.3, 0.4) is 0 Å². The Balaban J connectivity index is 1.63. The lowest BCUT2D eigenvalue weighted by atomic mass is 9.74. The van der Waals surface area contributed by atoms with E-state index in [1.165, 1.54) is 0 Å². The molecule has 3 aliphatic carbocycles. The van der Waals surface area contributed by atoms with E-state index in [0.29, 0.717) is 32.1 Å². The third-order valence-corrected chi connectivity index (χ3v) is 7.66. The highest BCUT2D eigenvalue weighted by molar-refractivity contribution is 6.30. The fourth-order valence-electron chi connectivity index (χ4n) is 5.86. The number of carbonyl (C=O) groups is 1. The molecule has 1 aromatic rings. The van der Waals surface area contributed by atoms with E-state index in [9.17, 15) is 23.1 Å². The summed E-state index contributed by atoms with van der Waals surface area (Å²) in [6, 6.07) is 1.19. The molecular formula is C23H29ClF3NO3. The summed E-state index contributed by atoms with van der Waals surface area (Å²) in [5.74, 6) is -2.69. The number of hydrogen-bond acceptors (Lipinski definition) is 3. The van der Waals surface area contributed by atoms with Crippen molar-refractivity contribution in [2.24, 2.45) is 11.3 Å². The van der Waals surface area contributed by atoms with Crippen molar-refractivity contribution >= 4 is 17.5 Å². The molecule has 4 rings (SSSR count). The molecule has 3 saturated carbocycles. The predicted molar refractivity (Wildman–Crippen MR) is 110 cm³/mol. The fourth-order valence-corrected chi connectivity index (χ4v) is 6.02. The largest absolute Gasteiger partial charge is 0.390 e. The van der Waals surface area contributed by atoms with E-state index in [2.05, 4.69) is 5.32 Å². The van der Waals surface area contributed by atoms with Gasteiger partial charge in [-0.25, -0.2) is 13.2 Å². The quantitative estimate of drug-likeness (QED) is 0.588. The molecule has 4 atom stereocenters. The molecule has 3 aliphatic rings. The number of hydrogen-bond donors (Lipinski definition) is 2. The molecule has 1 amide bonds. The summed E-state index contributed by atoms with van der Waals surface area (Å²) in [4.78, 5) is 13.2. The van der Waals surface area contributed by atoms with Gasteiger partial charge in [-0.2, -0.15) is 0 Å². The molecule has 0 aromatic heterocycles. The van der Waals surface area contributed by atoms with Gasteiger partial charge in [0.1, 0.15) is 17.3 Å². The van der Waals surface area contributed by atoms with Crippen molar-refractivity contribution in [1.82, 2.24) is 5.32 Å². The molecule has 0 aliphatic heterocycles. The Labute approximate surface area is 185 Å². The van der Waals surface area contributed by atoms with Crippen LogP contribution < -0.4 is 5.32 Å². The molecule has 2 N–H and O–H groups in total. The van der Waals surface area contributed by atoms with Crippen LogP contribution >= 0.6 is 11.6 Å². The van der Waals surface area contributed by atoms with E-state index in [4.69, 9.17) is 16.3 Å². The average Bonchev–Trinajstić information content (AvgIpc) is 3.35. The molecular weight excluding hydrogens is 431 g/mol. The summed E-state index contributed by atoms with van der Waals surface area (Å²) in [6.45, 7) is 3.70. The van der Waals surface area contributed by atoms with E-state index < -0.39 is 52.8 Å². The Morgan fingerprint density at radius 2 is 1.90 bits per heavy atom. The van der Waals surface area contributed by atoms with Gasteiger partial charge in [0.05, 0.1) is 29.4 Å². The Morgan fingerprint density at radius 1 is 1.23 bits per heavy atom. The maximum atomic E-state index is 15.0. The van der Waals surface area contributed by atoms with Crippen molar-refractivity contribution in [2.45, 2.75) is 88.8 Å². The van der Waals surface area contributed by atoms with Crippen molar-refractivity contribution in [1.29, 1.82) is 0 Å². The van der Waals surface area contributed by atoms with Crippen molar-refractivity contribution in [3.8, 4) is 0 Å². The number of alkyl halides is 1. The number of ether oxygens (including phenoxy) is 1. The summed E-state index contributed by atoms with van der Waals surface area (Å²) >= 11 is 5.94. The molecule has 2 bridgehead atoms. The van der Waals surface area contributed by atoms with Crippen LogP contribution in [0.5, 0.6) is 0 Å². The summed E-state index contributed by atoms with van der Waals surface area (Å²) in [5, 5.41) is 12.9. The van der Waals surface area contributed by atoms with E-state index in [0.717, 1.165) is 12.1 Å². The van der Waals surface area contributed by atoms with Gasteiger partial charge < -0.3 is 15.2 Å². The standard InChI is InChI=1S/C23H29ClF3NO3/c1-12(2)31-17-10-13(9-16(17)29)21(30)28-20(18-15(25)4-3-14(24)19(18)26)22-5-7-23(27,11-22)8-6-22/h3-4,12-13,16-17,20,29H,5-11H2,1-2H3,(H,28,30)/t13-,16-,17+,20+,22?,23?/m0/s1. The van der Waals surface area contributed by atoms with Crippen molar-refractivity contribution in [3.05, 3.63) is 34.4 Å². The van der Waals surface area contributed by atoms with Crippen LogP contribution in [0.2, 0.25) is 5.02 Å². The minimum atomic E-state index is -1.35. The first-order valence-corrected chi connectivity index (χ1v) is 11.4. The topological polar surface area (TPSA) is 58.6 Å². The Bertz CT molecular complexity index is 857. The molecule has 0 unspecified atom stereocenters. The highest BCUT2D eigenvalue weighted by Crippen LogP contribution is 2.63. The van der Waals surface area contributed by atoms with Crippen LogP contribution in [-0.4, -0.2) is 35.0 Å². The van der Waals surface area contributed by atoms with E-state index in [1.807, 2.05) is 13.8 Å². The molecule has 0 saturated heterocycles. The monoisotopic (exact) mass is 459 g/mol. The number of fused-ring (bicyclic) bond motifs is 2. The van der Waals surface area contributed by atoms with Gasteiger partial charge in [-0.1, -0.05) is 11.6 Å². The lowest BCUT2D eigenvalue weighted by Gasteiger charge is -2.37. The minimum Gasteiger partial charge on any atom is -0.390 e. The molecule has 1 aromatic carbocycles. The lowest BCUT2D eigenvalue weighted by Crippen LogP contribution is -2.42. The maximum Gasteiger partial charge on any atom is 0.223 e. The smallest absolute Gasteiger partial charge is 0.223 e. The van der Waals surface area contributed by atoms with Gasteiger partial charge in [-0.3, -0.25) is 4.79 Å². The van der Waals surface area contributed by atoms with Gasteiger partial charge in [0.25, 0.3) is 0 Å². The summed E-state index contributed by atoms with van der Waals surface area (Å²) in [5.41, 5.74) is -2.42. The normalized spacial score (nSPS) is 35.7. The summed E-state index contributed by atoms with van der Waals surface area (Å²) in [7, 11) is 0. The number of halogens is 4. The lowest BCUT2D eigenvalue weighted by molar-refractivity contribution is -0.127. The zero-order valence-electron chi connectivity index (χ0n) is 17.8.